The van der Waals surface area contributed by atoms with Gasteiger partial charge >= 0.3 is 6.09 Å². The van der Waals surface area contributed by atoms with Crippen LogP contribution in [0, 0.1) is 5.92 Å². The molecule has 1 saturated heterocycles. The molecule has 1 aliphatic heterocycles. The van der Waals surface area contributed by atoms with Crippen molar-refractivity contribution in [3.05, 3.63) is 0 Å². The Labute approximate surface area is 113 Å². The zero-order valence-corrected chi connectivity index (χ0v) is 12.1. The summed E-state index contributed by atoms with van der Waals surface area (Å²) >= 11 is 0. The minimum Gasteiger partial charge on any atom is -0.444 e. The highest BCUT2D eigenvalue weighted by Gasteiger charge is 2.32. The monoisotopic (exact) mass is 273 g/mol. The number of ketones is 1. The van der Waals surface area contributed by atoms with E-state index in [0.717, 1.165) is 0 Å². The smallest absolute Gasteiger partial charge is 0.410 e. The minimum absolute atomic E-state index is 0.0168. The van der Waals surface area contributed by atoms with E-state index in [2.05, 4.69) is 0 Å². The molecule has 19 heavy (non-hydrogen) atoms. The fourth-order valence-electron chi connectivity index (χ4n) is 1.74. The summed E-state index contributed by atoms with van der Waals surface area (Å²) in [6.45, 7) is 8.49. The second-order valence-corrected chi connectivity index (χ2v) is 5.54. The summed E-state index contributed by atoms with van der Waals surface area (Å²) < 4.78 is 5.24. The van der Waals surface area contributed by atoms with Crippen molar-refractivity contribution in [1.29, 1.82) is 0 Å². The third kappa shape index (κ3) is 5.57. The highest BCUT2D eigenvalue weighted by molar-refractivity contribution is 5.87. The maximum absolute atomic E-state index is 11.9. The van der Waals surface area contributed by atoms with E-state index in [-0.39, 0.29) is 24.9 Å². The fourth-order valence-corrected chi connectivity index (χ4v) is 1.74. The standard InChI is InChI=1S/C13H23NO5/c1-5-17-18-9-10-6-7-14(8-11(10)15)12(16)19-13(2,3)4/h10H,5-9H2,1-4H3. The van der Waals surface area contributed by atoms with Crippen molar-refractivity contribution in [3.63, 3.8) is 0 Å². The number of amides is 1. The molecule has 0 spiro atoms. The van der Waals surface area contributed by atoms with E-state index in [9.17, 15) is 9.59 Å². The summed E-state index contributed by atoms with van der Waals surface area (Å²) in [7, 11) is 0. The molecule has 6 nitrogen and oxygen atoms in total. The zero-order valence-electron chi connectivity index (χ0n) is 12.1. The van der Waals surface area contributed by atoms with Crippen LogP contribution in [-0.2, 0) is 19.3 Å². The van der Waals surface area contributed by atoms with Crippen molar-refractivity contribution in [2.75, 3.05) is 26.3 Å². The molecule has 1 rings (SSSR count). The molecule has 1 aliphatic rings. The predicted octanol–water partition coefficient (Wildman–Crippen LogP) is 1.78. The summed E-state index contributed by atoms with van der Waals surface area (Å²) in [5.74, 6) is -0.220. The average Bonchev–Trinajstić information content (AvgIpc) is 2.29. The Morgan fingerprint density at radius 2 is 2.05 bits per heavy atom. The van der Waals surface area contributed by atoms with E-state index in [1.54, 1.807) is 20.8 Å². The Morgan fingerprint density at radius 3 is 2.58 bits per heavy atom. The number of rotatable bonds is 4. The lowest BCUT2D eigenvalue weighted by Gasteiger charge is -2.32. The van der Waals surface area contributed by atoms with E-state index in [0.29, 0.717) is 19.6 Å². The van der Waals surface area contributed by atoms with Gasteiger partial charge < -0.3 is 9.64 Å². The van der Waals surface area contributed by atoms with Gasteiger partial charge in [0, 0.05) is 12.5 Å². The van der Waals surface area contributed by atoms with Gasteiger partial charge in [0.15, 0.2) is 5.78 Å². The van der Waals surface area contributed by atoms with Crippen LogP contribution in [0.15, 0.2) is 0 Å². The Kier molecular flexibility index (Phi) is 5.75. The van der Waals surface area contributed by atoms with Crippen LogP contribution in [-0.4, -0.2) is 48.7 Å². The molecule has 0 aromatic carbocycles. The molecule has 0 radical (unpaired) electrons. The van der Waals surface area contributed by atoms with E-state index >= 15 is 0 Å². The Balaban J connectivity index is 2.40. The highest BCUT2D eigenvalue weighted by Crippen LogP contribution is 2.17. The summed E-state index contributed by atoms with van der Waals surface area (Å²) in [6.07, 6.45) is 0.135. The van der Waals surface area contributed by atoms with Gasteiger partial charge in [-0.25, -0.2) is 14.6 Å². The molecule has 6 heteroatoms. The molecule has 1 fully saturated rings. The first-order valence-corrected chi connectivity index (χ1v) is 6.58. The molecule has 0 N–H and O–H groups in total. The highest BCUT2D eigenvalue weighted by atomic mass is 17.2. The molecule has 0 aromatic rings. The maximum Gasteiger partial charge on any atom is 0.410 e. The van der Waals surface area contributed by atoms with Gasteiger partial charge in [0.2, 0.25) is 0 Å². The normalized spacial score (nSPS) is 20.5. The lowest BCUT2D eigenvalue weighted by Crippen LogP contribution is -2.47. The number of likely N-dealkylation sites (tertiary alicyclic amines) is 1. The summed E-state index contributed by atoms with van der Waals surface area (Å²) in [4.78, 5) is 34.8. The number of carbonyl (C=O) groups excluding carboxylic acids is 2. The molecule has 1 heterocycles. The van der Waals surface area contributed by atoms with E-state index in [1.807, 2.05) is 6.92 Å². The van der Waals surface area contributed by atoms with E-state index in [1.165, 1.54) is 4.90 Å². The lowest BCUT2D eigenvalue weighted by atomic mass is 9.97. The van der Waals surface area contributed by atoms with Gasteiger partial charge in [0.25, 0.3) is 0 Å². The number of hydrogen-bond acceptors (Lipinski definition) is 5. The van der Waals surface area contributed by atoms with Gasteiger partial charge in [-0.1, -0.05) is 0 Å². The third-order valence-electron chi connectivity index (χ3n) is 2.67. The first-order chi connectivity index (χ1) is 8.83. The number of nitrogens with zero attached hydrogens (tertiary/aromatic N) is 1. The van der Waals surface area contributed by atoms with Gasteiger partial charge in [-0.15, -0.1) is 0 Å². The second-order valence-electron chi connectivity index (χ2n) is 5.54. The van der Waals surface area contributed by atoms with Gasteiger partial charge in [-0.2, -0.15) is 0 Å². The van der Waals surface area contributed by atoms with Gasteiger partial charge in [0.05, 0.1) is 19.8 Å². The van der Waals surface area contributed by atoms with Gasteiger partial charge in [0.1, 0.15) is 5.60 Å². The first-order valence-electron chi connectivity index (χ1n) is 6.58. The average molecular weight is 273 g/mol. The molecular weight excluding hydrogens is 250 g/mol. The molecule has 1 amide bonds. The molecular formula is C13H23NO5. The molecule has 0 aromatic heterocycles. The largest absolute Gasteiger partial charge is 0.444 e. The Hall–Kier alpha value is -1.14. The number of piperidine rings is 1. The fraction of sp³-hybridized carbons (Fsp3) is 0.846. The Bertz CT molecular complexity index is 323. The minimum atomic E-state index is -0.547. The van der Waals surface area contributed by atoms with Crippen molar-refractivity contribution in [1.82, 2.24) is 4.90 Å². The molecule has 0 bridgehead atoms. The van der Waals surface area contributed by atoms with Crippen LogP contribution in [0.3, 0.4) is 0 Å². The molecule has 1 unspecified atom stereocenters. The van der Waals surface area contributed by atoms with Crippen LogP contribution < -0.4 is 0 Å². The van der Waals surface area contributed by atoms with Crippen molar-refractivity contribution in [3.8, 4) is 0 Å². The molecule has 0 saturated carbocycles. The van der Waals surface area contributed by atoms with E-state index < -0.39 is 11.7 Å². The maximum atomic E-state index is 11.9. The SMILES string of the molecule is CCOOCC1CCN(C(=O)OC(C)(C)C)CC1=O. The predicted molar refractivity (Wildman–Crippen MR) is 68.5 cm³/mol. The molecule has 0 aliphatic carbocycles. The van der Waals surface area contributed by atoms with Gasteiger partial charge in [-0.3, -0.25) is 4.79 Å². The van der Waals surface area contributed by atoms with Crippen LogP contribution >= 0.6 is 0 Å². The van der Waals surface area contributed by atoms with Gasteiger partial charge in [-0.05, 0) is 34.1 Å². The number of carbonyl (C=O) groups is 2. The van der Waals surface area contributed by atoms with Crippen molar-refractivity contribution in [2.24, 2.45) is 5.92 Å². The summed E-state index contributed by atoms with van der Waals surface area (Å²) in [5.41, 5.74) is -0.547. The first kappa shape index (κ1) is 15.9. The van der Waals surface area contributed by atoms with Crippen LogP contribution in [0.5, 0.6) is 0 Å². The van der Waals surface area contributed by atoms with Crippen LogP contribution in [0.1, 0.15) is 34.1 Å². The topological polar surface area (TPSA) is 65.1 Å². The second kappa shape index (κ2) is 6.86. The van der Waals surface area contributed by atoms with Crippen LogP contribution in [0.4, 0.5) is 4.79 Å². The quantitative estimate of drug-likeness (QED) is 0.444. The number of Topliss-reactive ketones (excluding diaryl/α,β-unsaturated/α-hetero) is 1. The summed E-state index contributed by atoms with van der Waals surface area (Å²) in [5, 5.41) is 0. The van der Waals surface area contributed by atoms with Crippen molar-refractivity contribution >= 4 is 11.9 Å². The number of hydrogen-bond donors (Lipinski definition) is 0. The van der Waals surface area contributed by atoms with E-state index in [4.69, 9.17) is 14.5 Å². The Morgan fingerprint density at radius 1 is 1.37 bits per heavy atom. The summed E-state index contributed by atoms with van der Waals surface area (Å²) in [6, 6.07) is 0. The van der Waals surface area contributed by atoms with Crippen molar-refractivity contribution in [2.45, 2.75) is 39.7 Å². The number of ether oxygens (including phenoxy) is 1. The van der Waals surface area contributed by atoms with Crippen LogP contribution in [0.25, 0.3) is 0 Å². The molecule has 110 valence electrons. The third-order valence-corrected chi connectivity index (χ3v) is 2.67. The van der Waals surface area contributed by atoms with Crippen molar-refractivity contribution < 1.29 is 24.1 Å². The molecule has 1 atom stereocenters. The zero-order chi connectivity index (χ0) is 14.5. The van der Waals surface area contributed by atoms with Crippen LogP contribution in [0.2, 0.25) is 0 Å². The lowest BCUT2D eigenvalue weighted by molar-refractivity contribution is -0.297.